The van der Waals surface area contributed by atoms with Gasteiger partial charge in [0.15, 0.2) is 23.1 Å². The van der Waals surface area contributed by atoms with E-state index in [1.165, 1.54) is 5.56 Å². The molecule has 0 amide bonds. The number of ether oxygens (including phenoxy) is 2. The van der Waals surface area contributed by atoms with E-state index in [0.29, 0.717) is 13.2 Å². The van der Waals surface area contributed by atoms with E-state index < -0.39 is 0 Å². The zero-order chi connectivity index (χ0) is 21.9. The second kappa shape index (κ2) is 11.8. The Labute approximate surface area is 183 Å². The minimum atomic E-state index is 0.614. The predicted molar refractivity (Wildman–Crippen MR) is 123 cm³/mol. The molecule has 0 unspecified atom stereocenters. The van der Waals surface area contributed by atoms with Crippen LogP contribution in [0.25, 0.3) is 5.65 Å². The summed E-state index contributed by atoms with van der Waals surface area (Å²) < 4.78 is 13.4. The van der Waals surface area contributed by atoms with Gasteiger partial charge < -0.3 is 20.1 Å². The van der Waals surface area contributed by atoms with E-state index in [1.54, 1.807) is 7.05 Å². The molecule has 0 aliphatic carbocycles. The van der Waals surface area contributed by atoms with Gasteiger partial charge in [-0.05, 0) is 56.5 Å². The number of nitrogens with one attached hydrogen (secondary N) is 2. The van der Waals surface area contributed by atoms with Crippen molar-refractivity contribution in [2.24, 2.45) is 4.99 Å². The van der Waals surface area contributed by atoms with Crippen LogP contribution < -0.4 is 20.1 Å². The fraction of sp³-hybridized carbons (Fsp3) is 0.435. The molecule has 3 aromatic rings. The molecule has 166 valence electrons. The first-order valence-electron chi connectivity index (χ1n) is 10.9. The summed E-state index contributed by atoms with van der Waals surface area (Å²) in [6.45, 7) is 6.76. The molecule has 0 aliphatic rings. The van der Waals surface area contributed by atoms with Crippen LogP contribution in [0.5, 0.6) is 11.5 Å². The molecule has 0 atom stereocenters. The van der Waals surface area contributed by atoms with Crippen LogP contribution in [-0.2, 0) is 12.8 Å². The molecule has 2 heterocycles. The van der Waals surface area contributed by atoms with Crippen molar-refractivity contribution in [3.63, 3.8) is 0 Å². The molecule has 1 aromatic carbocycles. The number of rotatable bonds is 11. The monoisotopic (exact) mass is 424 g/mol. The smallest absolute Gasteiger partial charge is 0.190 e. The number of benzene rings is 1. The number of hydrogen-bond acceptors (Lipinski definition) is 5. The summed E-state index contributed by atoms with van der Waals surface area (Å²) in [4.78, 5) is 4.31. The van der Waals surface area contributed by atoms with Gasteiger partial charge in [0.25, 0.3) is 0 Å². The molecular weight excluding hydrogens is 392 g/mol. The first-order valence-corrected chi connectivity index (χ1v) is 10.9. The number of aliphatic imine (C=N–C) groups is 1. The second-order valence-electron chi connectivity index (χ2n) is 6.97. The highest BCUT2D eigenvalue weighted by Crippen LogP contribution is 2.28. The number of fused-ring (bicyclic) bond motifs is 1. The van der Waals surface area contributed by atoms with Gasteiger partial charge in [0.05, 0.1) is 13.2 Å². The Kier molecular flexibility index (Phi) is 8.51. The van der Waals surface area contributed by atoms with Gasteiger partial charge in [0, 0.05) is 32.8 Å². The van der Waals surface area contributed by atoms with Gasteiger partial charge in [-0.2, -0.15) is 0 Å². The number of aromatic nitrogens is 3. The molecule has 8 nitrogen and oxygen atoms in total. The standard InChI is InChI=1S/C23H32N6O2/c1-4-30-19-12-11-18(17-20(19)31-5-2)13-15-26-23(24-3)25-14-8-10-22-28-27-21-9-6-7-16-29(21)22/h6-7,9,11-12,16-17H,4-5,8,10,13-15H2,1-3H3,(H2,24,25,26). The average molecular weight is 425 g/mol. The SMILES string of the molecule is CCOc1ccc(CCNC(=NC)NCCCc2nnc3ccccn23)cc1OCC. The van der Waals surface area contributed by atoms with Crippen LogP contribution in [-0.4, -0.2) is 53.9 Å². The molecular formula is C23H32N6O2. The largest absolute Gasteiger partial charge is 0.490 e. The first-order chi connectivity index (χ1) is 15.2. The minimum Gasteiger partial charge on any atom is -0.490 e. The van der Waals surface area contributed by atoms with Crippen molar-refractivity contribution in [2.75, 3.05) is 33.4 Å². The Morgan fingerprint density at radius 3 is 2.58 bits per heavy atom. The molecule has 2 N–H and O–H groups in total. The lowest BCUT2D eigenvalue weighted by Gasteiger charge is -2.14. The summed E-state index contributed by atoms with van der Waals surface area (Å²) in [7, 11) is 1.78. The van der Waals surface area contributed by atoms with Gasteiger partial charge in [-0.25, -0.2) is 0 Å². The molecule has 0 spiro atoms. The zero-order valence-electron chi connectivity index (χ0n) is 18.6. The van der Waals surface area contributed by atoms with E-state index in [1.807, 2.05) is 48.7 Å². The molecule has 2 aromatic heterocycles. The number of hydrogen-bond donors (Lipinski definition) is 2. The lowest BCUT2D eigenvalue weighted by atomic mass is 10.1. The molecule has 31 heavy (non-hydrogen) atoms. The van der Waals surface area contributed by atoms with E-state index in [-0.39, 0.29) is 0 Å². The highest BCUT2D eigenvalue weighted by molar-refractivity contribution is 5.79. The van der Waals surface area contributed by atoms with Crippen molar-refractivity contribution < 1.29 is 9.47 Å². The Morgan fingerprint density at radius 2 is 1.77 bits per heavy atom. The van der Waals surface area contributed by atoms with Gasteiger partial charge in [0.2, 0.25) is 0 Å². The second-order valence-corrected chi connectivity index (χ2v) is 6.97. The third kappa shape index (κ3) is 6.34. The molecule has 0 radical (unpaired) electrons. The lowest BCUT2D eigenvalue weighted by Crippen LogP contribution is -2.38. The van der Waals surface area contributed by atoms with Gasteiger partial charge >= 0.3 is 0 Å². The van der Waals surface area contributed by atoms with Crippen molar-refractivity contribution in [3.8, 4) is 11.5 Å². The van der Waals surface area contributed by atoms with Crippen molar-refractivity contribution in [1.29, 1.82) is 0 Å². The third-order valence-electron chi connectivity index (χ3n) is 4.79. The number of aryl methyl sites for hydroxylation is 1. The number of nitrogens with zero attached hydrogens (tertiary/aromatic N) is 4. The van der Waals surface area contributed by atoms with Crippen LogP contribution >= 0.6 is 0 Å². The Hall–Kier alpha value is -3.29. The summed E-state index contributed by atoms with van der Waals surface area (Å²) in [5.41, 5.74) is 2.07. The molecule has 8 heteroatoms. The Bertz CT molecular complexity index is 985. The van der Waals surface area contributed by atoms with E-state index >= 15 is 0 Å². The molecule has 0 saturated carbocycles. The first kappa shape index (κ1) is 22.4. The van der Waals surface area contributed by atoms with Crippen LogP contribution in [0.15, 0.2) is 47.6 Å². The lowest BCUT2D eigenvalue weighted by molar-refractivity contribution is 0.287. The van der Waals surface area contributed by atoms with Crippen molar-refractivity contribution >= 4 is 11.6 Å². The van der Waals surface area contributed by atoms with Gasteiger partial charge in [-0.1, -0.05) is 12.1 Å². The molecule has 3 rings (SSSR count). The summed E-state index contributed by atoms with van der Waals surface area (Å²) in [5, 5.41) is 15.2. The predicted octanol–water partition coefficient (Wildman–Crippen LogP) is 2.87. The summed E-state index contributed by atoms with van der Waals surface area (Å²) in [6, 6.07) is 12.0. The summed E-state index contributed by atoms with van der Waals surface area (Å²) in [5.74, 6) is 3.35. The van der Waals surface area contributed by atoms with Crippen molar-refractivity contribution in [1.82, 2.24) is 25.2 Å². The highest BCUT2D eigenvalue weighted by Gasteiger charge is 2.07. The van der Waals surface area contributed by atoms with Crippen LogP contribution in [0, 0.1) is 0 Å². The van der Waals surface area contributed by atoms with Crippen molar-refractivity contribution in [2.45, 2.75) is 33.1 Å². The summed E-state index contributed by atoms with van der Waals surface area (Å²) in [6.07, 6.45) is 4.64. The van der Waals surface area contributed by atoms with E-state index in [4.69, 9.17) is 9.47 Å². The summed E-state index contributed by atoms with van der Waals surface area (Å²) >= 11 is 0. The van der Waals surface area contributed by atoms with Gasteiger partial charge in [0.1, 0.15) is 5.82 Å². The molecule has 0 aliphatic heterocycles. The van der Waals surface area contributed by atoms with Crippen LogP contribution in [0.4, 0.5) is 0 Å². The van der Waals surface area contributed by atoms with E-state index in [2.05, 4.69) is 38.0 Å². The molecule has 0 fully saturated rings. The van der Waals surface area contributed by atoms with E-state index in [9.17, 15) is 0 Å². The maximum absolute atomic E-state index is 5.71. The molecule has 0 saturated heterocycles. The maximum atomic E-state index is 5.71. The highest BCUT2D eigenvalue weighted by atomic mass is 16.5. The third-order valence-corrected chi connectivity index (χ3v) is 4.79. The van der Waals surface area contributed by atoms with Crippen molar-refractivity contribution in [3.05, 3.63) is 54.0 Å². The van der Waals surface area contributed by atoms with E-state index in [0.717, 1.165) is 61.3 Å². The van der Waals surface area contributed by atoms with Crippen LogP contribution in [0.2, 0.25) is 0 Å². The quantitative estimate of drug-likeness (QED) is 0.280. The Morgan fingerprint density at radius 1 is 0.968 bits per heavy atom. The fourth-order valence-electron chi connectivity index (χ4n) is 3.31. The molecule has 0 bridgehead atoms. The zero-order valence-corrected chi connectivity index (χ0v) is 18.6. The minimum absolute atomic E-state index is 0.614. The Balaban J connectivity index is 1.42. The van der Waals surface area contributed by atoms with Crippen LogP contribution in [0.1, 0.15) is 31.7 Å². The number of guanidine groups is 1. The number of pyridine rings is 1. The van der Waals surface area contributed by atoms with Gasteiger partial charge in [-0.15, -0.1) is 10.2 Å². The topological polar surface area (TPSA) is 85.1 Å². The van der Waals surface area contributed by atoms with Crippen LogP contribution in [0.3, 0.4) is 0 Å². The average Bonchev–Trinajstić information content (AvgIpc) is 3.20. The van der Waals surface area contributed by atoms with Gasteiger partial charge in [-0.3, -0.25) is 9.39 Å². The normalized spacial score (nSPS) is 11.5. The fourth-order valence-corrected chi connectivity index (χ4v) is 3.31. The maximum Gasteiger partial charge on any atom is 0.190 e.